The summed E-state index contributed by atoms with van der Waals surface area (Å²) < 4.78 is 15.1. The van der Waals surface area contributed by atoms with E-state index < -0.39 is 5.82 Å². The van der Waals surface area contributed by atoms with Gasteiger partial charge in [0.25, 0.3) is 0 Å². The van der Waals surface area contributed by atoms with Crippen LogP contribution in [0.5, 0.6) is 0 Å². The number of amides is 1. The van der Waals surface area contributed by atoms with Crippen molar-refractivity contribution in [1.29, 1.82) is 0 Å². The van der Waals surface area contributed by atoms with Gasteiger partial charge in [0, 0.05) is 10.6 Å². The van der Waals surface area contributed by atoms with E-state index in [1.54, 1.807) is 17.7 Å². The molecule has 0 spiro atoms. The number of benzene rings is 1. The van der Waals surface area contributed by atoms with Crippen LogP contribution < -0.4 is 5.32 Å². The molecule has 0 unspecified atom stereocenters. The van der Waals surface area contributed by atoms with Crippen LogP contribution in [-0.4, -0.2) is 31.2 Å². The number of anilines is 1. The summed E-state index contributed by atoms with van der Waals surface area (Å²) in [6.07, 6.45) is 6.28. The van der Waals surface area contributed by atoms with Crippen LogP contribution in [0.2, 0.25) is 5.02 Å². The number of aromatic nitrogens is 4. The fraction of sp³-hybridized carbons (Fsp3) is 0.263. The first kappa shape index (κ1) is 18.8. The normalized spacial score (nSPS) is 13.7. The lowest BCUT2D eigenvalue weighted by Gasteiger charge is -2.10. The van der Waals surface area contributed by atoms with E-state index in [1.165, 1.54) is 53.2 Å². The average Bonchev–Trinajstić information content (AvgIpc) is 3.29. The molecule has 1 N–H and O–H groups in total. The van der Waals surface area contributed by atoms with Crippen LogP contribution in [0.1, 0.15) is 23.3 Å². The molecule has 10 heteroatoms. The van der Waals surface area contributed by atoms with Crippen molar-refractivity contribution in [2.45, 2.75) is 30.8 Å². The van der Waals surface area contributed by atoms with Crippen LogP contribution >= 0.6 is 34.7 Å². The van der Waals surface area contributed by atoms with Crippen LogP contribution in [-0.2, 0) is 17.6 Å². The molecule has 3 heterocycles. The number of rotatable bonds is 4. The molecule has 4 aromatic rings. The Morgan fingerprint density at radius 2 is 2.17 bits per heavy atom. The summed E-state index contributed by atoms with van der Waals surface area (Å²) in [6.45, 7) is 0. The highest BCUT2D eigenvalue weighted by atomic mass is 35.5. The van der Waals surface area contributed by atoms with Crippen molar-refractivity contribution in [2.75, 3.05) is 11.1 Å². The number of hydrogen-bond donors (Lipinski definition) is 1. The van der Waals surface area contributed by atoms with Gasteiger partial charge in [-0.05, 0) is 49.4 Å². The zero-order valence-electron chi connectivity index (χ0n) is 15.1. The van der Waals surface area contributed by atoms with Crippen LogP contribution in [0, 0.1) is 5.82 Å². The Labute approximate surface area is 178 Å². The molecule has 1 amide bonds. The molecule has 0 saturated carbocycles. The third-order valence-corrected chi connectivity index (χ3v) is 7.30. The highest BCUT2D eigenvalue weighted by molar-refractivity contribution is 7.99. The van der Waals surface area contributed by atoms with E-state index in [0.717, 1.165) is 28.7 Å². The number of nitrogens with zero attached hydrogens (tertiary/aromatic N) is 4. The predicted octanol–water partition coefficient (Wildman–Crippen LogP) is 4.74. The maximum Gasteiger partial charge on any atom is 0.234 e. The van der Waals surface area contributed by atoms with Gasteiger partial charge in [-0.3, -0.25) is 9.20 Å². The minimum Gasteiger partial charge on any atom is -0.325 e. The first-order chi connectivity index (χ1) is 14.1. The molecule has 3 aromatic heterocycles. The van der Waals surface area contributed by atoms with E-state index in [-0.39, 0.29) is 16.7 Å². The van der Waals surface area contributed by atoms with Gasteiger partial charge in [-0.25, -0.2) is 9.37 Å². The van der Waals surface area contributed by atoms with E-state index in [9.17, 15) is 9.18 Å². The molecule has 6 nitrogen and oxygen atoms in total. The van der Waals surface area contributed by atoms with Crippen LogP contribution in [0.25, 0.3) is 15.9 Å². The second-order valence-electron chi connectivity index (χ2n) is 6.78. The summed E-state index contributed by atoms with van der Waals surface area (Å²) in [5.41, 5.74) is 2.59. The number of thioether (sulfide) groups is 1. The number of hydrogen-bond acceptors (Lipinski definition) is 6. The zero-order valence-corrected chi connectivity index (χ0v) is 17.5. The van der Waals surface area contributed by atoms with Crippen LogP contribution in [0.4, 0.5) is 10.1 Å². The molecule has 0 aliphatic heterocycles. The highest BCUT2D eigenvalue weighted by Crippen LogP contribution is 2.37. The van der Waals surface area contributed by atoms with Crippen molar-refractivity contribution in [1.82, 2.24) is 19.6 Å². The Bertz CT molecular complexity index is 1250. The summed E-state index contributed by atoms with van der Waals surface area (Å²) in [5.74, 6) is -0.630. The van der Waals surface area contributed by atoms with Gasteiger partial charge in [0.05, 0.1) is 16.2 Å². The third kappa shape index (κ3) is 3.47. The summed E-state index contributed by atoms with van der Waals surface area (Å²) in [6, 6.07) is 4.07. The lowest BCUT2D eigenvalue weighted by atomic mass is 9.97. The molecule has 0 bridgehead atoms. The molecule has 1 aliphatic carbocycles. The topological polar surface area (TPSA) is 72.2 Å². The van der Waals surface area contributed by atoms with E-state index in [0.29, 0.717) is 10.8 Å². The first-order valence-corrected chi connectivity index (χ1v) is 11.3. The largest absolute Gasteiger partial charge is 0.325 e. The number of aryl methyl sites for hydroxylation is 2. The predicted molar refractivity (Wildman–Crippen MR) is 114 cm³/mol. The van der Waals surface area contributed by atoms with Gasteiger partial charge in [-0.2, -0.15) is 0 Å². The number of carbonyl (C=O) groups excluding carboxylic acids is 1. The number of halogens is 2. The average molecular weight is 448 g/mol. The maximum atomic E-state index is 13.2. The van der Waals surface area contributed by atoms with Crippen molar-refractivity contribution < 1.29 is 9.18 Å². The van der Waals surface area contributed by atoms with E-state index in [2.05, 4.69) is 20.5 Å². The Morgan fingerprint density at radius 3 is 3.03 bits per heavy atom. The van der Waals surface area contributed by atoms with E-state index >= 15 is 0 Å². The van der Waals surface area contributed by atoms with Gasteiger partial charge in [-0.15, -0.1) is 21.5 Å². The summed E-state index contributed by atoms with van der Waals surface area (Å²) >= 11 is 8.77. The van der Waals surface area contributed by atoms with Crippen molar-refractivity contribution >= 4 is 62.2 Å². The SMILES string of the molecule is O=C(CSc1nnc2c3c4c(sc3ncn12)CCCC4)Nc1ccc(F)c(Cl)c1. The molecule has 0 saturated heterocycles. The van der Waals surface area contributed by atoms with Gasteiger partial charge in [0.2, 0.25) is 5.91 Å². The Balaban J connectivity index is 1.37. The molecule has 0 fully saturated rings. The van der Waals surface area contributed by atoms with Crippen molar-refractivity contribution in [3.63, 3.8) is 0 Å². The first-order valence-electron chi connectivity index (χ1n) is 9.12. The molecular formula is C19H15ClFN5OS2. The van der Waals surface area contributed by atoms with Gasteiger partial charge >= 0.3 is 0 Å². The maximum absolute atomic E-state index is 13.2. The van der Waals surface area contributed by atoms with Gasteiger partial charge in [-0.1, -0.05) is 23.4 Å². The minimum absolute atomic E-state index is 0.0342. The molecule has 5 rings (SSSR count). The van der Waals surface area contributed by atoms with E-state index in [1.807, 2.05) is 4.40 Å². The third-order valence-electron chi connectivity index (χ3n) is 4.87. The Kier molecular flexibility index (Phi) is 4.89. The monoisotopic (exact) mass is 447 g/mol. The van der Waals surface area contributed by atoms with E-state index in [4.69, 9.17) is 11.6 Å². The molecule has 0 atom stereocenters. The van der Waals surface area contributed by atoms with Crippen LogP contribution in [0.15, 0.2) is 29.7 Å². The van der Waals surface area contributed by atoms with Gasteiger partial charge < -0.3 is 5.32 Å². The fourth-order valence-electron chi connectivity index (χ4n) is 3.53. The Morgan fingerprint density at radius 1 is 1.31 bits per heavy atom. The van der Waals surface area contributed by atoms with Crippen molar-refractivity contribution in [3.8, 4) is 0 Å². The second kappa shape index (κ2) is 7.55. The second-order valence-corrected chi connectivity index (χ2v) is 9.21. The number of fused-ring (bicyclic) bond motifs is 5. The van der Waals surface area contributed by atoms with Crippen molar-refractivity contribution in [2.24, 2.45) is 0 Å². The van der Waals surface area contributed by atoms with Gasteiger partial charge in [0.15, 0.2) is 10.8 Å². The molecule has 1 aromatic carbocycles. The Hall–Kier alpha value is -2.23. The lowest BCUT2D eigenvalue weighted by Crippen LogP contribution is -2.14. The summed E-state index contributed by atoms with van der Waals surface area (Å²) in [7, 11) is 0. The quantitative estimate of drug-likeness (QED) is 0.457. The molecular weight excluding hydrogens is 433 g/mol. The summed E-state index contributed by atoms with van der Waals surface area (Å²) in [5, 5.41) is 13.0. The van der Waals surface area contributed by atoms with Gasteiger partial charge in [0.1, 0.15) is 17.0 Å². The molecule has 0 radical (unpaired) electrons. The molecule has 148 valence electrons. The standard InChI is InChI=1S/C19H15ClFN5OS2/c20-12-7-10(5-6-13(12)21)23-15(27)8-28-19-25-24-17-16-11-3-1-2-4-14(11)29-18(16)22-9-26(17)19/h5-7,9H,1-4,8H2,(H,23,27). The minimum atomic E-state index is -0.525. The number of thiophene rings is 1. The molecule has 1 aliphatic rings. The highest BCUT2D eigenvalue weighted by Gasteiger charge is 2.21. The smallest absolute Gasteiger partial charge is 0.234 e. The lowest BCUT2D eigenvalue weighted by molar-refractivity contribution is -0.113. The van der Waals surface area contributed by atoms with Crippen molar-refractivity contribution in [3.05, 3.63) is 45.8 Å². The number of carbonyl (C=O) groups is 1. The molecule has 29 heavy (non-hydrogen) atoms. The zero-order chi connectivity index (χ0) is 20.0. The van der Waals surface area contributed by atoms with Crippen LogP contribution in [0.3, 0.4) is 0 Å². The number of nitrogens with one attached hydrogen (secondary N) is 1. The summed E-state index contributed by atoms with van der Waals surface area (Å²) in [4.78, 5) is 19.3. The fourth-order valence-corrected chi connectivity index (χ4v) is 5.64.